The fourth-order valence-corrected chi connectivity index (χ4v) is 3.61. The predicted molar refractivity (Wildman–Crippen MR) is 142 cm³/mol. The SMILES string of the molecule is COC(=O)c1ccc(C=C(CNc2cnc3ccccc3c2)COc2ccc(NC(C)=O)cc2)cc1. The number of carbonyl (C=O) groups excluding carboxylic acids is 2. The molecule has 0 aliphatic carbocycles. The van der Waals surface area contributed by atoms with Gasteiger partial charge in [0.15, 0.2) is 0 Å². The topological polar surface area (TPSA) is 89.6 Å². The van der Waals surface area contributed by atoms with E-state index in [1.165, 1.54) is 14.0 Å². The molecule has 7 nitrogen and oxygen atoms in total. The van der Waals surface area contributed by atoms with Gasteiger partial charge in [-0.2, -0.15) is 0 Å². The molecular formula is C29H27N3O4. The highest BCUT2D eigenvalue weighted by atomic mass is 16.5. The molecule has 0 spiro atoms. The van der Waals surface area contributed by atoms with Crippen molar-refractivity contribution in [2.75, 3.05) is 30.9 Å². The van der Waals surface area contributed by atoms with Crippen molar-refractivity contribution < 1.29 is 19.1 Å². The molecule has 0 bridgehead atoms. The van der Waals surface area contributed by atoms with Gasteiger partial charge >= 0.3 is 5.97 Å². The van der Waals surface area contributed by atoms with Crippen LogP contribution in [0.4, 0.5) is 11.4 Å². The Morgan fingerprint density at radius 2 is 1.69 bits per heavy atom. The third-order valence-electron chi connectivity index (χ3n) is 5.41. The van der Waals surface area contributed by atoms with E-state index >= 15 is 0 Å². The number of esters is 1. The lowest BCUT2D eigenvalue weighted by atomic mass is 10.1. The van der Waals surface area contributed by atoms with Crippen LogP contribution >= 0.6 is 0 Å². The molecule has 1 heterocycles. The van der Waals surface area contributed by atoms with Crippen molar-refractivity contribution in [3.63, 3.8) is 0 Å². The Morgan fingerprint density at radius 3 is 2.42 bits per heavy atom. The third-order valence-corrected chi connectivity index (χ3v) is 5.41. The molecule has 0 saturated heterocycles. The van der Waals surface area contributed by atoms with E-state index in [0.717, 1.165) is 27.7 Å². The van der Waals surface area contributed by atoms with E-state index in [2.05, 4.69) is 21.7 Å². The number of nitrogens with zero attached hydrogens (tertiary/aromatic N) is 1. The van der Waals surface area contributed by atoms with Gasteiger partial charge in [0.1, 0.15) is 12.4 Å². The highest BCUT2D eigenvalue weighted by molar-refractivity contribution is 5.89. The number of methoxy groups -OCH3 is 1. The van der Waals surface area contributed by atoms with Gasteiger partial charge in [0.2, 0.25) is 5.91 Å². The third kappa shape index (κ3) is 6.70. The van der Waals surface area contributed by atoms with Crippen LogP contribution in [0.2, 0.25) is 0 Å². The summed E-state index contributed by atoms with van der Waals surface area (Å²) in [5.74, 6) is 0.187. The largest absolute Gasteiger partial charge is 0.489 e. The maximum Gasteiger partial charge on any atom is 0.337 e. The number of hydrogen-bond donors (Lipinski definition) is 2. The number of rotatable bonds is 9. The fraction of sp³-hybridized carbons (Fsp3) is 0.138. The number of benzene rings is 3. The van der Waals surface area contributed by atoms with Gasteiger partial charge in [-0.05, 0) is 59.7 Å². The number of nitrogens with one attached hydrogen (secondary N) is 2. The summed E-state index contributed by atoms with van der Waals surface area (Å²) in [6, 6.07) is 24.4. The molecule has 1 amide bonds. The van der Waals surface area contributed by atoms with Crippen molar-refractivity contribution in [1.29, 1.82) is 0 Å². The van der Waals surface area contributed by atoms with Gasteiger partial charge in [0.25, 0.3) is 0 Å². The van der Waals surface area contributed by atoms with Gasteiger partial charge in [-0.25, -0.2) is 4.79 Å². The summed E-state index contributed by atoms with van der Waals surface area (Å²) < 4.78 is 10.8. The second-order valence-corrected chi connectivity index (χ2v) is 8.18. The second-order valence-electron chi connectivity index (χ2n) is 8.18. The molecule has 0 aliphatic heterocycles. The Balaban J connectivity index is 1.50. The van der Waals surface area contributed by atoms with E-state index in [-0.39, 0.29) is 11.9 Å². The Hall–Kier alpha value is -4.65. The first kappa shape index (κ1) is 24.5. The van der Waals surface area contributed by atoms with Crippen LogP contribution in [-0.4, -0.2) is 37.1 Å². The summed E-state index contributed by atoms with van der Waals surface area (Å²) in [5, 5.41) is 7.23. The predicted octanol–water partition coefficient (Wildman–Crippen LogP) is 5.55. The van der Waals surface area contributed by atoms with Crippen LogP contribution in [0, 0.1) is 0 Å². The van der Waals surface area contributed by atoms with Gasteiger partial charge in [-0.3, -0.25) is 9.78 Å². The van der Waals surface area contributed by atoms with E-state index in [9.17, 15) is 9.59 Å². The lowest BCUT2D eigenvalue weighted by molar-refractivity contribution is -0.114. The summed E-state index contributed by atoms with van der Waals surface area (Å²) in [4.78, 5) is 27.5. The Bertz CT molecular complexity index is 1380. The summed E-state index contributed by atoms with van der Waals surface area (Å²) in [5.41, 5.74) is 4.96. The number of aromatic nitrogens is 1. The van der Waals surface area contributed by atoms with E-state index in [1.54, 1.807) is 24.3 Å². The molecule has 4 aromatic rings. The van der Waals surface area contributed by atoms with Crippen LogP contribution in [0.5, 0.6) is 5.75 Å². The Labute approximate surface area is 209 Å². The van der Waals surface area contributed by atoms with Gasteiger partial charge < -0.3 is 20.1 Å². The van der Waals surface area contributed by atoms with Crippen molar-refractivity contribution in [3.8, 4) is 5.75 Å². The fourth-order valence-electron chi connectivity index (χ4n) is 3.61. The minimum absolute atomic E-state index is 0.124. The zero-order valence-corrected chi connectivity index (χ0v) is 20.2. The average molecular weight is 482 g/mol. The maximum absolute atomic E-state index is 11.7. The first-order valence-electron chi connectivity index (χ1n) is 11.5. The van der Waals surface area contributed by atoms with Crippen LogP contribution in [0.25, 0.3) is 17.0 Å². The van der Waals surface area contributed by atoms with E-state index in [1.807, 2.05) is 60.8 Å². The molecule has 2 N–H and O–H groups in total. The minimum Gasteiger partial charge on any atom is -0.489 e. The number of pyridine rings is 1. The number of anilines is 2. The van der Waals surface area contributed by atoms with E-state index < -0.39 is 0 Å². The summed E-state index contributed by atoms with van der Waals surface area (Å²) in [7, 11) is 1.36. The highest BCUT2D eigenvalue weighted by Gasteiger charge is 2.06. The summed E-state index contributed by atoms with van der Waals surface area (Å²) in [6.45, 7) is 2.34. The second kappa shape index (κ2) is 11.7. The van der Waals surface area contributed by atoms with Gasteiger partial charge in [-0.15, -0.1) is 0 Å². The molecule has 1 aromatic heterocycles. The lowest BCUT2D eigenvalue weighted by Crippen LogP contribution is -2.12. The summed E-state index contributed by atoms with van der Waals surface area (Å²) >= 11 is 0. The Kier molecular flexibility index (Phi) is 7.93. The molecule has 0 unspecified atom stereocenters. The Morgan fingerprint density at radius 1 is 0.944 bits per heavy atom. The van der Waals surface area contributed by atoms with E-state index in [0.29, 0.717) is 30.2 Å². The molecule has 0 atom stereocenters. The lowest BCUT2D eigenvalue weighted by Gasteiger charge is -2.13. The zero-order chi connectivity index (χ0) is 25.3. The van der Waals surface area contributed by atoms with Crippen LogP contribution in [0.15, 0.2) is 90.6 Å². The van der Waals surface area contributed by atoms with Crippen LogP contribution < -0.4 is 15.4 Å². The molecule has 3 aromatic carbocycles. The maximum atomic E-state index is 11.7. The zero-order valence-electron chi connectivity index (χ0n) is 20.2. The molecule has 0 aliphatic rings. The average Bonchev–Trinajstić information content (AvgIpc) is 2.90. The molecule has 4 rings (SSSR count). The van der Waals surface area contributed by atoms with Crippen molar-refractivity contribution >= 4 is 40.2 Å². The van der Waals surface area contributed by atoms with Crippen LogP contribution in [0.3, 0.4) is 0 Å². The number of ether oxygens (including phenoxy) is 2. The molecule has 0 fully saturated rings. The van der Waals surface area contributed by atoms with Crippen LogP contribution in [0.1, 0.15) is 22.8 Å². The first-order valence-corrected chi connectivity index (χ1v) is 11.5. The number of amides is 1. The van der Waals surface area contributed by atoms with E-state index in [4.69, 9.17) is 9.47 Å². The number of carbonyl (C=O) groups is 2. The molecule has 7 heteroatoms. The number of hydrogen-bond acceptors (Lipinski definition) is 6. The number of para-hydroxylation sites is 1. The molecule has 0 radical (unpaired) electrons. The molecule has 182 valence electrons. The van der Waals surface area contributed by atoms with Crippen LogP contribution in [-0.2, 0) is 9.53 Å². The normalized spacial score (nSPS) is 11.1. The van der Waals surface area contributed by atoms with Crippen molar-refractivity contribution in [3.05, 3.63) is 102 Å². The molecule has 0 saturated carbocycles. The van der Waals surface area contributed by atoms with Gasteiger partial charge in [0.05, 0.1) is 30.1 Å². The van der Waals surface area contributed by atoms with Crippen molar-refractivity contribution in [1.82, 2.24) is 4.98 Å². The standard InChI is InChI=1S/C29H27N3O4/c1-20(33)32-25-11-13-27(14-12-25)36-19-22(15-21-7-9-23(10-8-21)29(34)35-2)17-30-26-16-24-5-3-4-6-28(24)31-18-26/h3-16,18,30H,17,19H2,1-2H3,(H,32,33). The number of fused-ring (bicyclic) bond motifs is 1. The highest BCUT2D eigenvalue weighted by Crippen LogP contribution is 2.19. The van der Waals surface area contributed by atoms with Gasteiger partial charge in [-0.1, -0.05) is 36.4 Å². The van der Waals surface area contributed by atoms with Crippen molar-refractivity contribution in [2.45, 2.75) is 6.92 Å². The molecule has 36 heavy (non-hydrogen) atoms. The van der Waals surface area contributed by atoms with Crippen molar-refractivity contribution in [2.24, 2.45) is 0 Å². The monoisotopic (exact) mass is 481 g/mol. The molecular weight excluding hydrogens is 454 g/mol. The smallest absolute Gasteiger partial charge is 0.337 e. The minimum atomic E-state index is -0.373. The quantitative estimate of drug-likeness (QED) is 0.305. The summed E-state index contributed by atoms with van der Waals surface area (Å²) in [6.07, 6.45) is 3.83. The van der Waals surface area contributed by atoms with Gasteiger partial charge in [0, 0.05) is 24.5 Å². The first-order chi connectivity index (χ1) is 17.5.